The molecular formula is C17H28N2. The van der Waals surface area contributed by atoms with Crippen LogP contribution in [0.2, 0.25) is 0 Å². The van der Waals surface area contributed by atoms with E-state index in [1.165, 1.54) is 43.5 Å². The van der Waals surface area contributed by atoms with Gasteiger partial charge in [-0.3, -0.25) is 4.90 Å². The zero-order valence-corrected chi connectivity index (χ0v) is 12.5. The molecule has 1 heterocycles. The number of nitrogens with one attached hydrogen (secondary N) is 1. The van der Waals surface area contributed by atoms with E-state index >= 15 is 0 Å². The summed E-state index contributed by atoms with van der Waals surface area (Å²) in [6.45, 7) is 10.2. The lowest BCUT2D eigenvalue weighted by atomic mass is 10.0. The third-order valence-electron chi connectivity index (χ3n) is 4.14. The van der Waals surface area contributed by atoms with Crippen LogP contribution in [0.5, 0.6) is 0 Å². The maximum absolute atomic E-state index is 3.44. The van der Waals surface area contributed by atoms with Gasteiger partial charge < -0.3 is 5.32 Å². The zero-order chi connectivity index (χ0) is 13.5. The Kier molecular flexibility index (Phi) is 5.87. The van der Waals surface area contributed by atoms with Crippen LogP contribution in [-0.4, -0.2) is 24.5 Å². The molecule has 0 spiro atoms. The molecular weight excluding hydrogens is 232 g/mol. The van der Waals surface area contributed by atoms with Gasteiger partial charge in [-0.05, 0) is 43.0 Å². The molecule has 0 radical (unpaired) electrons. The molecule has 2 rings (SSSR count). The summed E-state index contributed by atoms with van der Waals surface area (Å²) in [4.78, 5) is 2.63. The van der Waals surface area contributed by atoms with Crippen molar-refractivity contribution in [2.24, 2.45) is 5.92 Å². The molecule has 106 valence electrons. The fourth-order valence-corrected chi connectivity index (χ4v) is 3.09. The molecule has 0 bridgehead atoms. The molecule has 1 atom stereocenters. The second-order valence-corrected chi connectivity index (χ2v) is 5.73. The number of hydrogen-bond acceptors (Lipinski definition) is 2. The first-order valence-electron chi connectivity index (χ1n) is 7.83. The van der Waals surface area contributed by atoms with E-state index < -0.39 is 0 Å². The summed E-state index contributed by atoms with van der Waals surface area (Å²) in [5.41, 5.74) is 2.96. The van der Waals surface area contributed by atoms with Gasteiger partial charge in [0.2, 0.25) is 0 Å². The minimum Gasteiger partial charge on any atom is -0.313 e. The molecule has 0 aromatic heterocycles. The van der Waals surface area contributed by atoms with Gasteiger partial charge in [0.05, 0.1) is 0 Å². The quantitative estimate of drug-likeness (QED) is 0.808. The second-order valence-electron chi connectivity index (χ2n) is 5.73. The predicted molar refractivity (Wildman–Crippen MR) is 82.1 cm³/mol. The van der Waals surface area contributed by atoms with Crippen LogP contribution in [0.4, 0.5) is 0 Å². The molecule has 2 heteroatoms. The highest BCUT2D eigenvalue weighted by Gasteiger charge is 2.21. The maximum Gasteiger partial charge on any atom is 0.0237 e. The smallest absolute Gasteiger partial charge is 0.0237 e. The Morgan fingerprint density at radius 3 is 2.74 bits per heavy atom. The maximum atomic E-state index is 3.44. The molecule has 1 fully saturated rings. The number of nitrogens with zero attached hydrogens (tertiary/aromatic N) is 1. The van der Waals surface area contributed by atoms with E-state index in [1.54, 1.807) is 0 Å². The van der Waals surface area contributed by atoms with Crippen LogP contribution in [0.25, 0.3) is 0 Å². The molecule has 2 nitrogen and oxygen atoms in total. The summed E-state index contributed by atoms with van der Waals surface area (Å²) >= 11 is 0. The third-order valence-corrected chi connectivity index (χ3v) is 4.14. The molecule has 1 N–H and O–H groups in total. The van der Waals surface area contributed by atoms with E-state index in [9.17, 15) is 0 Å². The van der Waals surface area contributed by atoms with Crippen molar-refractivity contribution in [3.05, 3.63) is 35.4 Å². The van der Waals surface area contributed by atoms with Crippen LogP contribution in [0.1, 0.15) is 44.2 Å². The highest BCUT2D eigenvalue weighted by atomic mass is 15.1. The molecule has 1 aliphatic rings. The van der Waals surface area contributed by atoms with Crippen LogP contribution in [0, 0.1) is 5.92 Å². The van der Waals surface area contributed by atoms with Crippen molar-refractivity contribution in [2.75, 3.05) is 19.6 Å². The summed E-state index contributed by atoms with van der Waals surface area (Å²) in [5.74, 6) is 0.936. The zero-order valence-electron chi connectivity index (χ0n) is 12.5. The van der Waals surface area contributed by atoms with Gasteiger partial charge >= 0.3 is 0 Å². The number of likely N-dealkylation sites (tertiary alicyclic amines) is 1. The van der Waals surface area contributed by atoms with E-state index in [0.717, 1.165) is 25.6 Å². The summed E-state index contributed by atoms with van der Waals surface area (Å²) < 4.78 is 0. The Morgan fingerprint density at radius 1 is 1.21 bits per heavy atom. The van der Waals surface area contributed by atoms with Crippen molar-refractivity contribution in [1.29, 1.82) is 0 Å². The normalized spacial score (nSPS) is 20.0. The van der Waals surface area contributed by atoms with Crippen molar-refractivity contribution in [3.63, 3.8) is 0 Å². The van der Waals surface area contributed by atoms with Gasteiger partial charge in [0.1, 0.15) is 0 Å². The molecule has 0 saturated carbocycles. The topological polar surface area (TPSA) is 15.3 Å². The van der Waals surface area contributed by atoms with Crippen LogP contribution in [-0.2, 0) is 13.1 Å². The first-order chi connectivity index (χ1) is 9.33. The van der Waals surface area contributed by atoms with Gasteiger partial charge in [-0.1, -0.05) is 44.5 Å². The highest BCUT2D eigenvalue weighted by Crippen LogP contribution is 2.23. The summed E-state index contributed by atoms with van der Waals surface area (Å²) in [6.07, 6.45) is 4.12. The first-order valence-corrected chi connectivity index (χ1v) is 7.83. The average Bonchev–Trinajstić information content (AvgIpc) is 2.86. The van der Waals surface area contributed by atoms with E-state index in [1.807, 2.05) is 0 Å². The Balaban J connectivity index is 1.92. The molecule has 0 aliphatic carbocycles. The van der Waals surface area contributed by atoms with Gasteiger partial charge in [-0.25, -0.2) is 0 Å². The van der Waals surface area contributed by atoms with Crippen LogP contribution >= 0.6 is 0 Å². The molecule has 1 unspecified atom stereocenters. The summed E-state index contributed by atoms with van der Waals surface area (Å²) in [6, 6.07) is 8.88. The molecule has 19 heavy (non-hydrogen) atoms. The van der Waals surface area contributed by atoms with E-state index in [-0.39, 0.29) is 0 Å². The first kappa shape index (κ1) is 14.5. The Hall–Kier alpha value is -0.860. The van der Waals surface area contributed by atoms with Gasteiger partial charge in [0.25, 0.3) is 0 Å². The van der Waals surface area contributed by atoms with Crippen molar-refractivity contribution >= 4 is 0 Å². The van der Waals surface area contributed by atoms with Crippen molar-refractivity contribution in [1.82, 2.24) is 10.2 Å². The predicted octanol–water partition coefficient (Wildman–Crippen LogP) is 3.42. The number of rotatable bonds is 7. The number of benzene rings is 1. The third kappa shape index (κ3) is 4.32. The SMILES string of the molecule is CCCC1CCN(Cc2ccccc2CNCC)C1. The monoisotopic (exact) mass is 260 g/mol. The molecule has 1 aliphatic heterocycles. The van der Waals surface area contributed by atoms with Crippen LogP contribution in [0.15, 0.2) is 24.3 Å². The largest absolute Gasteiger partial charge is 0.313 e. The minimum atomic E-state index is 0.936. The van der Waals surface area contributed by atoms with Gasteiger partial charge in [-0.2, -0.15) is 0 Å². The lowest BCUT2D eigenvalue weighted by molar-refractivity contribution is 0.312. The Bertz CT molecular complexity index is 375. The standard InChI is InChI=1S/C17H28N2/c1-3-7-15-10-11-19(13-15)14-17-9-6-5-8-16(17)12-18-4-2/h5-6,8-9,15,18H,3-4,7,10-14H2,1-2H3. The Labute approximate surface area is 118 Å². The average molecular weight is 260 g/mol. The highest BCUT2D eigenvalue weighted by molar-refractivity contribution is 5.27. The minimum absolute atomic E-state index is 0.936. The molecule has 0 amide bonds. The van der Waals surface area contributed by atoms with Crippen molar-refractivity contribution in [2.45, 2.75) is 46.2 Å². The molecule has 1 aromatic carbocycles. The van der Waals surface area contributed by atoms with Crippen molar-refractivity contribution in [3.8, 4) is 0 Å². The summed E-state index contributed by atoms with van der Waals surface area (Å²) in [5, 5.41) is 3.44. The number of hydrogen-bond donors (Lipinski definition) is 1. The van der Waals surface area contributed by atoms with E-state index in [2.05, 4.69) is 48.3 Å². The lowest BCUT2D eigenvalue weighted by Gasteiger charge is -2.18. The Morgan fingerprint density at radius 2 is 2.00 bits per heavy atom. The van der Waals surface area contributed by atoms with E-state index in [0.29, 0.717) is 0 Å². The van der Waals surface area contributed by atoms with Crippen LogP contribution in [0.3, 0.4) is 0 Å². The van der Waals surface area contributed by atoms with Gasteiger partial charge in [-0.15, -0.1) is 0 Å². The van der Waals surface area contributed by atoms with E-state index in [4.69, 9.17) is 0 Å². The van der Waals surface area contributed by atoms with Crippen LogP contribution < -0.4 is 5.32 Å². The van der Waals surface area contributed by atoms with Crippen molar-refractivity contribution < 1.29 is 0 Å². The van der Waals surface area contributed by atoms with Gasteiger partial charge in [0.15, 0.2) is 0 Å². The molecule has 1 aromatic rings. The second kappa shape index (κ2) is 7.66. The molecule has 1 saturated heterocycles. The summed E-state index contributed by atoms with van der Waals surface area (Å²) in [7, 11) is 0. The fourth-order valence-electron chi connectivity index (χ4n) is 3.09. The van der Waals surface area contributed by atoms with Gasteiger partial charge in [0, 0.05) is 19.6 Å². The fraction of sp³-hybridized carbons (Fsp3) is 0.647. The lowest BCUT2D eigenvalue weighted by Crippen LogP contribution is -2.22.